The number of carboxylic acids is 1. The number of unbranched alkanes of at least 4 members (excludes halogenated alkanes) is 2. The largest absolute Gasteiger partial charge is 0.482 e. The quantitative estimate of drug-likeness (QED) is 0.588. The summed E-state index contributed by atoms with van der Waals surface area (Å²) in [5, 5.41) is 8.67. The summed E-state index contributed by atoms with van der Waals surface area (Å²) in [5.74, 6) is -0.794. The van der Waals surface area contributed by atoms with Gasteiger partial charge in [-0.1, -0.05) is 19.8 Å². The molecule has 0 aromatic heterocycles. The molecule has 6 heteroatoms. The Bertz CT molecular complexity index is 611. The van der Waals surface area contributed by atoms with Crippen LogP contribution in [0.3, 0.4) is 0 Å². The molecule has 1 aliphatic rings. The Morgan fingerprint density at radius 3 is 2.74 bits per heavy atom. The van der Waals surface area contributed by atoms with Gasteiger partial charge in [-0.05, 0) is 24.6 Å². The van der Waals surface area contributed by atoms with Crippen LogP contribution in [0.25, 0.3) is 0 Å². The van der Waals surface area contributed by atoms with Gasteiger partial charge in [0.25, 0.3) is 5.91 Å². The van der Waals surface area contributed by atoms with Gasteiger partial charge in [-0.3, -0.25) is 14.4 Å². The van der Waals surface area contributed by atoms with Gasteiger partial charge in [0.2, 0.25) is 0 Å². The summed E-state index contributed by atoms with van der Waals surface area (Å²) in [6, 6.07) is 4.91. The maximum Gasteiger partial charge on any atom is 0.303 e. The molecule has 0 bridgehead atoms. The highest BCUT2D eigenvalue weighted by Crippen LogP contribution is 2.33. The molecule has 1 aromatic rings. The van der Waals surface area contributed by atoms with Crippen LogP contribution in [0.1, 0.15) is 49.4 Å². The number of hydrogen-bond acceptors (Lipinski definition) is 4. The fraction of sp³-hybridized carbons (Fsp3) is 0.471. The zero-order valence-corrected chi connectivity index (χ0v) is 13.2. The molecule has 0 aliphatic carbocycles. The lowest BCUT2D eigenvalue weighted by molar-refractivity contribution is -0.137. The predicted molar refractivity (Wildman–Crippen MR) is 85.0 cm³/mol. The molecular weight excluding hydrogens is 298 g/mol. The van der Waals surface area contributed by atoms with E-state index in [1.807, 2.05) is 0 Å². The van der Waals surface area contributed by atoms with E-state index < -0.39 is 5.97 Å². The van der Waals surface area contributed by atoms with Crippen LogP contribution in [0, 0.1) is 0 Å². The molecule has 0 fully saturated rings. The summed E-state index contributed by atoms with van der Waals surface area (Å²) in [4.78, 5) is 36.4. The van der Waals surface area contributed by atoms with E-state index in [4.69, 9.17) is 9.84 Å². The average molecular weight is 319 g/mol. The number of carbonyl (C=O) groups is 3. The van der Waals surface area contributed by atoms with E-state index in [1.165, 1.54) is 0 Å². The number of aliphatic carboxylic acids is 1. The molecule has 1 N–H and O–H groups in total. The van der Waals surface area contributed by atoms with Gasteiger partial charge in [0, 0.05) is 18.5 Å². The number of benzene rings is 1. The number of ether oxygens (including phenoxy) is 1. The highest BCUT2D eigenvalue weighted by atomic mass is 16.5. The minimum absolute atomic E-state index is 0.00539. The molecule has 0 radical (unpaired) electrons. The molecule has 23 heavy (non-hydrogen) atoms. The van der Waals surface area contributed by atoms with Crippen LogP contribution in [0.4, 0.5) is 5.69 Å². The number of ketones is 1. The van der Waals surface area contributed by atoms with Crippen molar-refractivity contribution in [3.05, 3.63) is 23.8 Å². The van der Waals surface area contributed by atoms with Gasteiger partial charge >= 0.3 is 5.97 Å². The Morgan fingerprint density at radius 2 is 2.04 bits per heavy atom. The van der Waals surface area contributed by atoms with E-state index >= 15 is 0 Å². The molecule has 0 saturated heterocycles. The van der Waals surface area contributed by atoms with E-state index in [9.17, 15) is 14.4 Å². The van der Waals surface area contributed by atoms with Gasteiger partial charge < -0.3 is 14.7 Å². The monoisotopic (exact) mass is 319 g/mol. The molecule has 0 spiro atoms. The van der Waals surface area contributed by atoms with Crippen LogP contribution in [0.5, 0.6) is 5.75 Å². The van der Waals surface area contributed by atoms with Crippen molar-refractivity contribution in [2.45, 2.75) is 39.0 Å². The topological polar surface area (TPSA) is 83.9 Å². The molecule has 2 rings (SSSR count). The molecule has 1 aromatic carbocycles. The van der Waals surface area contributed by atoms with Crippen LogP contribution < -0.4 is 9.64 Å². The van der Waals surface area contributed by atoms with Gasteiger partial charge in [-0.2, -0.15) is 0 Å². The Labute approximate surface area is 135 Å². The first-order chi connectivity index (χ1) is 11.0. The number of amides is 1. The van der Waals surface area contributed by atoms with E-state index in [0.29, 0.717) is 23.5 Å². The summed E-state index contributed by atoms with van der Waals surface area (Å²) in [6.07, 6.45) is 2.71. The first-order valence-corrected chi connectivity index (χ1v) is 7.85. The maximum atomic E-state index is 12.1. The highest BCUT2D eigenvalue weighted by Gasteiger charge is 2.26. The summed E-state index contributed by atoms with van der Waals surface area (Å²) in [7, 11) is 0. The number of hydrogen-bond donors (Lipinski definition) is 1. The van der Waals surface area contributed by atoms with Crippen LogP contribution in [0.2, 0.25) is 0 Å². The number of carboxylic acid groups (broad SMARTS) is 1. The summed E-state index contributed by atoms with van der Waals surface area (Å²) in [6.45, 7) is 2.69. The number of nitrogens with zero attached hydrogens (tertiary/aromatic N) is 1. The minimum atomic E-state index is -1.00. The van der Waals surface area contributed by atoms with Gasteiger partial charge in [-0.15, -0.1) is 0 Å². The smallest absolute Gasteiger partial charge is 0.303 e. The molecular formula is C17H21NO5. The molecule has 1 amide bonds. The molecule has 1 aliphatic heterocycles. The third-order valence-electron chi connectivity index (χ3n) is 3.78. The number of rotatable bonds is 8. The Hall–Kier alpha value is -2.37. The van der Waals surface area contributed by atoms with Gasteiger partial charge in [0.15, 0.2) is 12.4 Å². The number of carbonyl (C=O) groups excluding carboxylic acids is 2. The summed E-state index contributed by atoms with van der Waals surface area (Å²) in [5.41, 5.74) is 1.00. The Morgan fingerprint density at radius 1 is 1.26 bits per heavy atom. The number of anilines is 1. The third-order valence-corrected chi connectivity index (χ3v) is 3.78. The van der Waals surface area contributed by atoms with E-state index in [-0.39, 0.29) is 31.1 Å². The van der Waals surface area contributed by atoms with Crippen molar-refractivity contribution in [1.82, 2.24) is 0 Å². The molecule has 0 saturated carbocycles. The van der Waals surface area contributed by atoms with Gasteiger partial charge in [0.05, 0.1) is 12.1 Å². The van der Waals surface area contributed by atoms with Crippen molar-refractivity contribution in [1.29, 1.82) is 0 Å². The lowest BCUT2D eigenvalue weighted by atomic mass is 10.0. The molecule has 124 valence electrons. The first kappa shape index (κ1) is 17.0. The average Bonchev–Trinajstić information content (AvgIpc) is 2.54. The standard InChI is InChI=1S/C17H21NO5/c1-2-3-4-9-18-13-10-12(14(19)6-8-17(21)22)5-7-15(13)23-11-16(18)20/h5,7,10H,2-4,6,8-9,11H2,1H3,(H,21,22). The van der Waals surface area contributed by atoms with Gasteiger partial charge in [0.1, 0.15) is 5.75 Å². The zero-order valence-electron chi connectivity index (χ0n) is 13.2. The Kier molecular flexibility index (Phi) is 5.73. The van der Waals surface area contributed by atoms with Crippen molar-refractivity contribution in [2.75, 3.05) is 18.1 Å². The van der Waals surface area contributed by atoms with Crippen LogP contribution in [-0.2, 0) is 9.59 Å². The van der Waals surface area contributed by atoms with Crippen molar-refractivity contribution >= 4 is 23.3 Å². The lowest BCUT2D eigenvalue weighted by Crippen LogP contribution is -2.39. The second-order valence-electron chi connectivity index (χ2n) is 5.54. The fourth-order valence-corrected chi connectivity index (χ4v) is 2.51. The second-order valence-corrected chi connectivity index (χ2v) is 5.54. The molecule has 0 unspecified atom stereocenters. The third kappa shape index (κ3) is 4.31. The highest BCUT2D eigenvalue weighted by molar-refractivity contribution is 6.02. The second kappa shape index (κ2) is 7.76. The molecule has 1 heterocycles. The number of fused-ring (bicyclic) bond motifs is 1. The van der Waals surface area contributed by atoms with Gasteiger partial charge in [-0.25, -0.2) is 0 Å². The van der Waals surface area contributed by atoms with Crippen molar-refractivity contribution in [3.63, 3.8) is 0 Å². The molecule has 6 nitrogen and oxygen atoms in total. The maximum absolute atomic E-state index is 12.1. The number of Topliss-reactive ketones (excluding diaryl/α,β-unsaturated/α-hetero) is 1. The fourth-order valence-electron chi connectivity index (χ4n) is 2.51. The van der Waals surface area contributed by atoms with Crippen molar-refractivity contribution in [3.8, 4) is 5.75 Å². The first-order valence-electron chi connectivity index (χ1n) is 7.85. The SMILES string of the molecule is CCCCCN1C(=O)COc2ccc(C(=O)CCC(=O)O)cc21. The van der Waals surface area contributed by atoms with Crippen molar-refractivity contribution in [2.24, 2.45) is 0 Å². The zero-order chi connectivity index (χ0) is 16.8. The molecule has 0 atom stereocenters. The summed E-state index contributed by atoms with van der Waals surface area (Å²) < 4.78 is 5.41. The van der Waals surface area contributed by atoms with E-state index in [2.05, 4.69) is 6.92 Å². The lowest BCUT2D eigenvalue weighted by Gasteiger charge is -2.29. The van der Waals surface area contributed by atoms with E-state index in [0.717, 1.165) is 19.3 Å². The Balaban J connectivity index is 2.19. The van der Waals surface area contributed by atoms with Crippen LogP contribution in [0.15, 0.2) is 18.2 Å². The predicted octanol–water partition coefficient (Wildman–Crippen LogP) is 2.65. The van der Waals surface area contributed by atoms with Crippen molar-refractivity contribution < 1.29 is 24.2 Å². The van der Waals surface area contributed by atoms with E-state index in [1.54, 1.807) is 23.1 Å². The van der Waals surface area contributed by atoms with Crippen LogP contribution >= 0.6 is 0 Å². The minimum Gasteiger partial charge on any atom is -0.482 e. The summed E-state index contributed by atoms with van der Waals surface area (Å²) >= 11 is 0. The normalized spacial score (nSPS) is 13.4. The van der Waals surface area contributed by atoms with Crippen LogP contribution in [-0.4, -0.2) is 35.9 Å².